The van der Waals surface area contributed by atoms with Crippen molar-refractivity contribution in [2.45, 2.75) is 0 Å². The number of hydrogen-bond acceptors (Lipinski definition) is 4. The van der Waals surface area contributed by atoms with Gasteiger partial charge in [0.1, 0.15) is 5.75 Å². The molecule has 0 atom stereocenters. The molecule has 2 N–H and O–H groups in total. The average molecular weight is 265 g/mol. The minimum absolute atomic E-state index is 0.0475. The maximum Gasteiger partial charge on any atom is 0.231 e. The van der Waals surface area contributed by atoms with Gasteiger partial charge in [-0.05, 0) is 29.8 Å². The van der Waals surface area contributed by atoms with Gasteiger partial charge in [-0.25, -0.2) is 0 Å². The van der Waals surface area contributed by atoms with Crippen molar-refractivity contribution in [1.29, 1.82) is 5.26 Å². The molecule has 0 fully saturated rings. The number of carbonyl (C=O) groups excluding carboxylic acids is 1. The van der Waals surface area contributed by atoms with E-state index in [2.05, 4.69) is 0 Å². The van der Waals surface area contributed by atoms with E-state index in [0.717, 1.165) is 0 Å². The van der Waals surface area contributed by atoms with Gasteiger partial charge in [0.2, 0.25) is 5.78 Å². The monoisotopic (exact) mass is 265 g/mol. The fourth-order valence-electron chi connectivity index (χ4n) is 1.70. The van der Waals surface area contributed by atoms with Gasteiger partial charge in [-0.3, -0.25) is 4.79 Å². The summed E-state index contributed by atoms with van der Waals surface area (Å²) in [6.07, 6.45) is 1.32. The molecule has 0 saturated carbocycles. The Bertz CT molecular complexity index is 712. The smallest absolute Gasteiger partial charge is 0.231 e. The van der Waals surface area contributed by atoms with Crippen molar-refractivity contribution >= 4 is 11.9 Å². The van der Waals surface area contributed by atoms with Gasteiger partial charge in [0.15, 0.2) is 5.76 Å². The van der Waals surface area contributed by atoms with Crippen LogP contribution in [-0.2, 0) is 0 Å². The van der Waals surface area contributed by atoms with Crippen molar-refractivity contribution in [2.24, 2.45) is 0 Å². The molecular formula is C16H11NO3. The van der Waals surface area contributed by atoms with Crippen LogP contribution in [0.4, 0.5) is 0 Å². The fourth-order valence-corrected chi connectivity index (χ4v) is 1.70. The number of hydrogen-bond donors (Lipinski definition) is 2. The first kappa shape index (κ1) is 13.4. The maximum absolute atomic E-state index is 12.0. The second-order valence-corrected chi connectivity index (χ2v) is 4.11. The molecule has 0 spiro atoms. The van der Waals surface area contributed by atoms with Gasteiger partial charge in [0.25, 0.3) is 0 Å². The van der Waals surface area contributed by atoms with E-state index < -0.39 is 11.5 Å². The summed E-state index contributed by atoms with van der Waals surface area (Å²) in [6, 6.07) is 14.6. The van der Waals surface area contributed by atoms with E-state index in [1.807, 2.05) is 12.1 Å². The third-order valence-corrected chi connectivity index (χ3v) is 2.71. The number of rotatable bonds is 3. The van der Waals surface area contributed by atoms with Gasteiger partial charge in [0.05, 0.1) is 17.2 Å². The lowest BCUT2D eigenvalue weighted by Gasteiger charge is -2.03. The number of phenols is 1. The average Bonchev–Trinajstić information content (AvgIpc) is 2.47. The molecule has 0 aliphatic heterocycles. The van der Waals surface area contributed by atoms with Crippen LogP contribution in [0.5, 0.6) is 5.75 Å². The number of nitrogens with zero attached hydrogens (tertiary/aromatic N) is 1. The van der Waals surface area contributed by atoms with Crippen molar-refractivity contribution in [3.63, 3.8) is 0 Å². The molecule has 98 valence electrons. The lowest BCUT2D eigenvalue weighted by Crippen LogP contribution is -2.03. The number of aromatic hydroxyl groups is 1. The highest BCUT2D eigenvalue weighted by molar-refractivity contribution is 6.11. The van der Waals surface area contributed by atoms with Crippen LogP contribution < -0.4 is 0 Å². The first-order valence-electron chi connectivity index (χ1n) is 5.85. The lowest BCUT2D eigenvalue weighted by atomic mass is 10.0. The molecule has 0 amide bonds. The Kier molecular flexibility index (Phi) is 3.82. The number of aliphatic hydroxyl groups is 1. The second-order valence-electron chi connectivity index (χ2n) is 4.11. The molecule has 4 nitrogen and oxygen atoms in total. The zero-order valence-electron chi connectivity index (χ0n) is 10.4. The first-order valence-corrected chi connectivity index (χ1v) is 5.85. The van der Waals surface area contributed by atoms with E-state index in [1.54, 1.807) is 24.3 Å². The fraction of sp³-hybridized carbons (Fsp3) is 0. The normalized spacial score (nSPS) is 10.8. The summed E-state index contributed by atoms with van der Waals surface area (Å²) >= 11 is 0. The van der Waals surface area contributed by atoms with Gasteiger partial charge in [0, 0.05) is 0 Å². The number of allylic oxidation sites excluding steroid dienone is 1. The third-order valence-electron chi connectivity index (χ3n) is 2.71. The van der Waals surface area contributed by atoms with Crippen molar-refractivity contribution in [3.8, 4) is 11.8 Å². The number of Topliss-reactive ketones (excluding diaryl/α,β-unsaturated/α-hetero) is 1. The standard InChI is InChI=1S/C16H11NO3/c17-10-12-6-7-13(14(18)9-12)16(20)15(19)8-11-4-2-1-3-5-11/h1-9,18-19H. The molecule has 0 aliphatic carbocycles. The zero-order valence-corrected chi connectivity index (χ0v) is 10.4. The molecular weight excluding hydrogens is 254 g/mol. The topological polar surface area (TPSA) is 81.3 Å². The van der Waals surface area contributed by atoms with Gasteiger partial charge in [-0.2, -0.15) is 5.26 Å². The number of benzene rings is 2. The van der Waals surface area contributed by atoms with Crippen molar-refractivity contribution in [3.05, 3.63) is 71.0 Å². The van der Waals surface area contributed by atoms with Crippen molar-refractivity contribution in [2.75, 3.05) is 0 Å². The van der Waals surface area contributed by atoms with E-state index in [4.69, 9.17) is 5.26 Å². The van der Waals surface area contributed by atoms with Crippen LogP contribution in [0.2, 0.25) is 0 Å². The molecule has 0 radical (unpaired) electrons. The molecule has 0 aromatic heterocycles. The van der Waals surface area contributed by atoms with Crippen LogP contribution in [0.15, 0.2) is 54.3 Å². The van der Waals surface area contributed by atoms with Gasteiger partial charge < -0.3 is 10.2 Å². The van der Waals surface area contributed by atoms with Crippen LogP contribution in [0.1, 0.15) is 21.5 Å². The summed E-state index contributed by atoms with van der Waals surface area (Å²) in [5, 5.41) is 28.2. The second kappa shape index (κ2) is 5.72. The Balaban J connectivity index is 2.32. The van der Waals surface area contributed by atoms with Crippen LogP contribution in [0, 0.1) is 11.3 Å². The Morgan fingerprint density at radius 1 is 1.15 bits per heavy atom. The lowest BCUT2D eigenvalue weighted by molar-refractivity contribution is 0.0978. The number of phenolic OH excluding ortho intramolecular Hbond substituents is 1. The Labute approximate surface area is 115 Å². The zero-order chi connectivity index (χ0) is 14.5. The van der Waals surface area contributed by atoms with Gasteiger partial charge in [-0.1, -0.05) is 30.3 Å². The van der Waals surface area contributed by atoms with Crippen LogP contribution in [0.25, 0.3) is 6.08 Å². The highest BCUT2D eigenvalue weighted by atomic mass is 16.3. The van der Waals surface area contributed by atoms with E-state index in [9.17, 15) is 15.0 Å². The van der Waals surface area contributed by atoms with Gasteiger partial charge in [-0.15, -0.1) is 0 Å². The summed E-state index contributed by atoms with van der Waals surface area (Å²) in [4.78, 5) is 12.0. The third kappa shape index (κ3) is 2.85. The van der Waals surface area contributed by atoms with E-state index in [1.165, 1.54) is 24.3 Å². The molecule has 0 aliphatic rings. The quantitative estimate of drug-likeness (QED) is 0.507. The number of carbonyl (C=O) groups is 1. The number of ketones is 1. The highest BCUT2D eigenvalue weighted by Crippen LogP contribution is 2.21. The van der Waals surface area contributed by atoms with E-state index >= 15 is 0 Å². The van der Waals surface area contributed by atoms with E-state index in [-0.39, 0.29) is 16.9 Å². The number of nitriles is 1. The van der Waals surface area contributed by atoms with Crippen molar-refractivity contribution < 1.29 is 15.0 Å². The SMILES string of the molecule is N#Cc1ccc(C(=O)C(O)=Cc2ccccc2)c(O)c1. The first-order chi connectivity index (χ1) is 9.61. The Morgan fingerprint density at radius 2 is 1.85 bits per heavy atom. The van der Waals surface area contributed by atoms with Gasteiger partial charge >= 0.3 is 0 Å². The molecule has 0 bridgehead atoms. The Morgan fingerprint density at radius 3 is 2.45 bits per heavy atom. The summed E-state index contributed by atoms with van der Waals surface area (Å²) in [5.74, 6) is -1.51. The molecule has 20 heavy (non-hydrogen) atoms. The van der Waals surface area contributed by atoms with E-state index in [0.29, 0.717) is 5.56 Å². The maximum atomic E-state index is 12.0. The Hall–Kier alpha value is -3.06. The minimum Gasteiger partial charge on any atom is -0.507 e. The molecule has 0 heterocycles. The summed E-state index contributed by atoms with van der Waals surface area (Å²) in [5.41, 5.74) is 0.866. The summed E-state index contributed by atoms with van der Waals surface area (Å²) in [6.45, 7) is 0. The molecule has 2 aromatic carbocycles. The molecule has 2 aromatic rings. The van der Waals surface area contributed by atoms with Crippen LogP contribution in [-0.4, -0.2) is 16.0 Å². The number of aliphatic hydroxyl groups excluding tert-OH is 1. The summed E-state index contributed by atoms with van der Waals surface area (Å²) < 4.78 is 0. The predicted molar refractivity (Wildman–Crippen MR) is 74.2 cm³/mol. The largest absolute Gasteiger partial charge is 0.507 e. The van der Waals surface area contributed by atoms with Crippen molar-refractivity contribution in [1.82, 2.24) is 0 Å². The molecule has 4 heteroatoms. The summed E-state index contributed by atoms with van der Waals surface area (Å²) in [7, 11) is 0. The minimum atomic E-state index is -0.698. The highest BCUT2D eigenvalue weighted by Gasteiger charge is 2.15. The molecule has 0 unspecified atom stereocenters. The van der Waals surface area contributed by atoms with Crippen LogP contribution in [0.3, 0.4) is 0 Å². The molecule has 2 rings (SSSR count). The predicted octanol–water partition coefficient (Wildman–Crippen LogP) is 3.05. The molecule has 0 saturated heterocycles. The van der Waals surface area contributed by atoms with Crippen LogP contribution >= 0.6 is 0 Å².